The van der Waals surface area contributed by atoms with Gasteiger partial charge in [0.05, 0.1) is 18.2 Å². The molecule has 2 N–H and O–H groups in total. The van der Waals surface area contributed by atoms with Crippen LogP contribution in [0.1, 0.15) is 33.4 Å². The molecule has 6 heteroatoms. The highest BCUT2D eigenvalue weighted by atomic mass is 16.2. The van der Waals surface area contributed by atoms with Crippen LogP contribution >= 0.6 is 0 Å². The van der Waals surface area contributed by atoms with Crippen molar-refractivity contribution >= 4 is 17.6 Å². The molecule has 2 amide bonds. The summed E-state index contributed by atoms with van der Waals surface area (Å²) in [6, 6.07) is 18.2. The van der Waals surface area contributed by atoms with Crippen molar-refractivity contribution in [3.05, 3.63) is 83.6 Å². The number of rotatable bonds is 3. The van der Waals surface area contributed by atoms with Crippen LogP contribution in [0.25, 0.3) is 0 Å². The number of carbonyl (C=O) groups is 2. The van der Waals surface area contributed by atoms with Gasteiger partial charge in [0.25, 0.3) is 5.91 Å². The lowest BCUT2D eigenvalue weighted by molar-refractivity contribution is -0.119. The Labute approximate surface area is 150 Å². The van der Waals surface area contributed by atoms with Gasteiger partial charge in [0.15, 0.2) is 0 Å². The zero-order chi connectivity index (χ0) is 18.1. The Morgan fingerprint density at radius 1 is 1.08 bits per heavy atom. The van der Waals surface area contributed by atoms with Crippen LogP contribution < -0.4 is 5.32 Å². The number of likely N-dealkylation sites (N-methyl/N-ethyl adjacent to an activating group) is 1. The van der Waals surface area contributed by atoms with E-state index >= 15 is 0 Å². The van der Waals surface area contributed by atoms with E-state index in [1.165, 1.54) is 0 Å². The van der Waals surface area contributed by atoms with E-state index < -0.39 is 5.92 Å². The van der Waals surface area contributed by atoms with Crippen LogP contribution in [0.2, 0.25) is 0 Å². The largest absolute Gasteiger partial charge is 0.334 e. The van der Waals surface area contributed by atoms with E-state index in [2.05, 4.69) is 15.5 Å². The molecule has 0 saturated carbocycles. The number of aromatic amines is 1. The van der Waals surface area contributed by atoms with Crippen LogP contribution in [0, 0.1) is 0 Å². The van der Waals surface area contributed by atoms with Gasteiger partial charge in [0.2, 0.25) is 5.91 Å². The molecule has 0 saturated heterocycles. The molecule has 1 aromatic heterocycles. The minimum absolute atomic E-state index is 0.0833. The maximum Gasteiger partial charge on any atom is 0.254 e. The Kier molecular flexibility index (Phi) is 4.01. The molecule has 3 aromatic rings. The van der Waals surface area contributed by atoms with E-state index in [1.807, 2.05) is 48.5 Å². The van der Waals surface area contributed by atoms with Crippen LogP contribution in [0.5, 0.6) is 0 Å². The highest BCUT2D eigenvalue weighted by Gasteiger charge is 2.42. The van der Waals surface area contributed by atoms with Crippen molar-refractivity contribution in [1.82, 2.24) is 15.1 Å². The number of carbonyl (C=O) groups excluding carboxylic acids is 2. The molecule has 2 aromatic carbocycles. The number of nitrogens with one attached hydrogen (secondary N) is 2. The minimum atomic E-state index is -0.528. The second-order valence-corrected chi connectivity index (χ2v) is 6.30. The number of H-pyrrole nitrogens is 1. The van der Waals surface area contributed by atoms with Crippen LogP contribution in [-0.2, 0) is 4.79 Å². The molecule has 0 spiro atoms. The van der Waals surface area contributed by atoms with Gasteiger partial charge >= 0.3 is 0 Å². The smallest absolute Gasteiger partial charge is 0.254 e. The van der Waals surface area contributed by atoms with Crippen molar-refractivity contribution in [3.8, 4) is 0 Å². The summed E-state index contributed by atoms with van der Waals surface area (Å²) in [5.41, 5.74) is 2.22. The average Bonchev–Trinajstić information content (AvgIpc) is 3.18. The van der Waals surface area contributed by atoms with Gasteiger partial charge in [-0.15, -0.1) is 0 Å². The molecule has 6 nitrogen and oxygen atoms in total. The van der Waals surface area contributed by atoms with E-state index in [9.17, 15) is 9.59 Å². The molecule has 0 radical (unpaired) electrons. The second-order valence-electron chi connectivity index (χ2n) is 6.30. The summed E-state index contributed by atoms with van der Waals surface area (Å²) in [4.78, 5) is 27.7. The average molecular weight is 346 g/mol. The van der Waals surface area contributed by atoms with E-state index in [0.29, 0.717) is 11.4 Å². The lowest BCUT2D eigenvalue weighted by Crippen LogP contribution is -2.44. The van der Waals surface area contributed by atoms with Crippen molar-refractivity contribution in [1.29, 1.82) is 0 Å². The molecule has 2 heterocycles. The summed E-state index contributed by atoms with van der Waals surface area (Å²) in [6.07, 6.45) is 1.58. The van der Waals surface area contributed by atoms with Crippen molar-refractivity contribution < 1.29 is 9.59 Å². The molecule has 2 unspecified atom stereocenters. The molecule has 1 aliphatic heterocycles. The summed E-state index contributed by atoms with van der Waals surface area (Å²) in [5, 5.41) is 9.48. The molecule has 2 atom stereocenters. The van der Waals surface area contributed by atoms with E-state index in [-0.39, 0.29) is 17.9 Å². The number of amides is 2. The highest BCUT2D eigenvalue weighted by molar-refractivity contribution is 6.04. The number of anilines is 1. The summed E-state index contributed by atoms with van der Waals surface area (Å²) in [7, 11) is 1.74. The van der Waals surface area contributed by atoms with Gasteiger partial charge in [-0.2, -0.15) is 5.10 Å². The first kappa shape index (κ1) is 16.1. The maximum atomic E-state index is 13.2. The standard InChI is InChI=1S/C20H18N4O2/c1-24-18(13-7-3-2-4-8-13)17(19(25)22-16-11-12-21-23-16)14-9-5-6-10-15(14)20(24)26/h2-12,17-18H,1H3,(H2,21,22,23,25). The van der Waals surface area contributed by atoms with Gasteiger partial charge in [-0.1, -0.05) is 48.5 Å². The van der Waals surface area contributed by atoms with Crippen LogP contribution in [0.4, 0.5) is 5.82 Å². The number of fused-ring (bicyclic) bond motifs is 1. The van der Waals surface area contributed by atoms with Gasteiger partial charge in [0.1, 0.15) is 5.82 Å². The van der Waals surface area contributed by atoms with E-state index in [4.69, 9.17) is 0 Å². The van der Waals surface area contributed by atoms with Gasteiger partial charge in [0, 0.05) is 18.7 Å². The molecular formula is C20H18N4O2. The zero-order valence-electron chi connectivity index (χ0n) is 14.2. The first-order valence-corrected chi connectivity index (χ1v) is 8.38. The fourth-order valence-electron chi connectivity index (χ4n) is 3.56. The number of nitrogens with zero attached hydrogens (tertiary/aromatic N) is 2. The zero-order valence-corrected chi connectivity index (χ0v) is 14.2. The van der Waals surface area contributed by atoms with Crippen molar-refractivity contribution in [3.63, 3.8) is 0 Å². The first-order valence-electron chi connectivity index (χ1n) is 8.38. The Bertz CT molecular complexity index is 937. The van der Waals surface area contributed by atoms with Crippen molar-refractivity contribution in [2.75, 3.05) is 12.4 Å². The Balaban J connectivity index is 1.83. The van der Waals surface area contributed by atoms with Crippen molar-refractivity contribution in [2.45, 2.75) is 12.0 Å². The van der Waals surface area contributed by atoms with Crippen LogP contribution in [0.3, 0.4) is 0 Å². The summed E-state index contributed by atoms with van der Waals surface area (Å²) < 4.78 is 0. The van der Waals surface area contributed by atoms with Gasteiger partial charge < -0.3 is 10.2 Å². The van der Waals surface area contributed by atoms with E-state index in [1.54, 1.807) is 30.3 Å². The normalized spacial score (nSPS) is 19.1. The molecular weight excluding hydrogens is 328 g/mol. The predicted octanol–water partition coefficient (Wildman–Crippen LogP) is 2.96. The number of hydrogen-bond acceptors (Lipinski definition) is 3. The summed E-state index contributed by atoms with van der Waals surface area (Å²) in [6.45, 7) is 0. The minimum Gasteiger partial charge on any atom is -0.334 e. The van der Waals surface area contributed by atoms with Crippen molar-refractivity contribution in [2.24, 2.45) is 0 Å². The molecule has 0 bridgehead atoms. The second kappa shape index (κ2) is 6.48. The lowest BCUT2D eigenvalue weighted by Gasteiger charge is -2.39. The third-order valence-electron chi connectivity index (χ3n) is 4.76. The predicted molar refractivity (Wildman–Crippen MR) is 97.7 cm³/mol. The molecule has 1 aliphatic rings. The SMILES string of the molecule is CN1C(=O)c2ccccc2C(C(=O)Nc2ccn[nH]2)C1c1ccccc1. The lowest BCUT2D eigenvalue weighted by atomic mass is 9.79. The topological polar surface area (TPSA) is 78.1 Å². The van der Waals surface area contributed by atoms with Gasteiger partial charge in [-0.25, -0.2) is 0 Å². The maximum absolute atomic E-state index is 13.2. The van der Waals surface area contributed by atoms with Crippen LogP contribution in [-0.4, -0.2) is 34.0 Å². The highest BCUT2D eigenvalue weighted by Crippen LogP contribution is 2.42. The fraction of sp³-hybridized carbons (Fsp3) is 0.150. The Hall–Kier alpha value is -3.41. The number of hydrogen-bond donors (Lipinski definition) is 2. The van der Waals surface area contributed by atoms with Crippen LogP contribution in [0.15, 0.2) is 66.9 Å². The third kappa shape index (κ3) is 2.65. The monoisotopic (exact) mass is 346 g/mol. The Morgan fingerprint density at radius 3 is 2.54 bits per heavy atom. The third-order valence-corrected chi connectivity index (χ3v) is 4.76. The molecule has 26 heavy (non-hydrogen) atoms. The van der Waals surface area contributed by atoms with E-state index in [0.717, 1.165) is 11.1 Å². The quantitative estimate of drug-likeness (QED) is 0.765. The molecule has 130 valence electrons. The number of aromatic nitrogens is 2. The van der Waals surface area contributed by atoms with Gasteiger partial charge in [-0.3, -0.25) is 14.7 Å². The van der Waals surface area contributed by atoms with Gasteiger partial charge in [-0.05, 0) is 17.2 Å². The molecule has 0 fully saturated rings. The fourth-order valence-corrected chi connectivity index (χ4v) is 3.56. The molecule has 4 rings (SSSR count). The first-order chi connectivity index (χ1) is 12.7. The summed E-state index contributed by atoms with van der Waals surface area (Å²) >= 11 is 0. The molecule has 0 aliphatic carbocycles. The Morgan fingerprint density at radius 2 is 1.81 bits per heavy atom. The summed E-state index contributed by atoms with van der Waals surface area (Å²) in [5.74, 6) is -0.270. The number of benzene rings is 2.